The molecule has 0 bridgehead atoms. The summed E-state index contributed by atoms with van der Waals surface area (Å²) in [5.41, 5.74) is 5.04. The van der Waals surface area contributed by atoms with E-state index in [0.29, 0.717) is 11.8 Å². The molecule has 1 aliphatic carbocycles. The molecule has 0 fully saturated rings. The van der Waals surface area contributed by atoms with E-state index in [9.17, 15) is 9.90 Å². The Morgan fingerprint density at radius 1 is 1.38 bits per heavy atom. The Labute approximate surface area is 125 Å². The largest absolute Gasteiger partial charge is 0.478 e. The minimum absolute atomic E-state index is 0.240. The first-order valence-electron chi connectivity index (χ1n) is 7.33. The molecule has 0 aromatic heterocycles. The van der Waals surface area contributed by atoms with Gasteiger partial charge >= 0.3 is 5.97 Å². The third-order valence-electron chi connectivity index (χ3n) is 4.15. The maximum Gasteiger partial charge on any atom is 0.328 e. The second-order valence-electron chi connectivity index (χ2n) is 5.81. The number of hydrogen-bond acceptors (Lipinski definition) is 2. The summed E-state index contributed by atoms with van der Waals surface area (Å²) in [4.78, 5) is 10.5. The number of fused-ring (bicyclic) bond motifs is 1. The van der Waals surface area contributed by atoms with Crippen LogP contribution in [0, 0.1) is 12.8 Å². The lowest BCUT2D eigenvalue weighted by molar-refractivity contribution is -0.131. The fraction of sp³-hybridized carbons (Fsp3) is 0.389. The molecule has 1 aromatic rings. The highest BCUT2D eigenvalue weighted by atomic mass is 16.4. The first-order valence-corrected chi connectivity index (χ1v) is 7.33. The van der Waals surface area contributed by atoms with Crippen LogP contribution >= 0.6 is 0 Å². The highest BCUT2D eigenvalue weighted by Gasteiger charge is 2.25. The molecule has 0 saturated carbocycles. The molecule has 0 heterocycles. The monoisotopic (exact) mass is 286 g/mol. The van der Waals surface area contributed by atoms with E-state index in [-0.39, 0.29) is 6.61 Å². The fourth-order valence-corrected chi connectivity index (χ4v) is 3.21. The van der Waals surface area contributed by atoms with Gasteiger partial charge in [0.2, 0.25) is 0 Å². The molecule has 0 amide bonds. The molecule has 0 spiro atoms. The van der Waals surface area contributed by atoms with E-state index in [0.717, 1.165) is 18.9 Å². The lowest BCUT2D eigenvalue weighted by Gasteiger charge is -2.30. The van der Waals surface area contributed by atoms with Gasteiger partial charge in [-0.15, -0.1) is 0 Å². The summed E-state index contributed by atoms with van der Waals surface area (Å²) < 4.78 is 0. The molecule has 1 aliphatic rings. The van der Waals surface area contributed by atoms with Gasteiger partial charge in [-0.3, -0.25) is 0 Å². The van der Waals surface area contributed by atoms with Crippen molar-refractivity contribution in [2.45, 2.75) is 32.6 Å². The normalized spacial score (nSPS) is 21.9. The van der Waals surface area contributed by atoms with Gasteiger partial charge in [0.15, 0.2) is 0 Å². The SMILES string of the molecule is Cc1ccc2c(c1/C=C/C=CC(=O)O)[C@H](C)C[C@H](CO)C2. The highest BCUT2D eigenvalue weighted by Crippen LogP contribution is 2.38. The van der Waals surface area contributed by atoms with Crippen molar-refractivity contribution in [3.8, 4) is 0 Å². The van der Waals surface area contributed by atoms with Crippen molar-refractivity contribution >= 4 is 12.0 Å². The molecule has 1 aromatic carbocycles. The van der Waals surface area contributed by atoms with Crippen LogP contribution < -0.4 is 0 Å². The predicted molar refractivity (Wildman–Crippen MR) is 84.3 cm³/mol. The number of aliphatic hydroxyl groups is 1. The number of hydrogen-bond donors (Lipinski definition) is 2. The van der Waals surface area contributed by atoms with Crippen LogP contribution in [-0.4, -0.2) is 22.8 Å². The average Bonchev–Trinajstić information content (AvgIpc) is 2.45. The molecule has 2 atom stereocenters. The van der Waals surface area contributed by atoms with Gasteiger partial charge in [-0.05, 0) is 53.9 Å². The maximum absolute atomic E-state index is 10.5. The third kappa shape index (κ3) is 3.61. The summed E-state index contributed by atoms with van der Waals surface area (Å²) in [5.74, 6) is -0.182. The molecular weight excluding hydrogens is 264 g/mol. The van der Waals surface area contributed by atoms with Crippen LogP contribution in [0.1, 0.15) is 41.5 Å². The first kappa shape index (κ1) is 15.5. The van der Waals surface area contributed by atoms with Crippen LogP contribution in [0.5, 0.6) is 0 Å². The Hall–Kier alpha value is -1.87. The average molecular weight is 286 g/mol. The first-order chi connectivity index (χ1) is 10.0. The van der Waals surface area contributed by atoms with Crippen LogP contribution in [0.2, 0.25) is 0 Å². The second kappa shape index (κ2) is 6.72. The van der Waals surface area contributed by atoms with Crippen molar-refractivity contribution in [3.05, 3.63) is 52.6 Å². The zero-order valence-corrected chi connectivity index (χ0v) is 12.5. The van der Waals surface area contributed by atoms with Crippen molar-refractivity contribution in [1.29, 1.82) is 0 Å². The van der Waals surface area contributed by atoms with E-state index in [1.165, 1.54) is 22.3 Å². The van der Waals surface area contributed by atoms with Gasteiger partial charge < -0.3 is 10.2 Å². The lowest BCUT2D eigenvalue weighted by atomic mass is 9.75. The second-order valence-corrected chi connectivity index (χ2v) is 5.81. The maximum atomic E-state index is 10.5. The number of benzene rings is 1. The van der Waals surface area contributed by atoms with Crippen molar-refractivity contribution in [3.63, 3.8) is 0 Å². The summed E-state index contributed by atoms with van der Waals surface area (Å²) in [6.45, 7) is 4.51. The lowest BCUT2D eigenvalue weighted by Crippen LogP contribution is -2.21. The minimum Gasteiger partial charge on any atom is -0.478 e. The summed E-state index contributed by atoms with van der Waals surface area (Å²) >= 11 is 0. The molecular formula is C18H22O3. The molecule has 0 aliphatic heterocycles. The van der Waals surface area contributed by atoms with Crippen LogP contribution in [0.4, 0.5) is 0 Å². The molecule has 2 N–H and O–H groups in total. The van der Waals surface area contributed by atoms with Gasteiger partial charge in [0, 0.05) is 12.7 Å². The van der Waals surface area contributed by atoms with E-state index in [2.05, 4.69) is 26.0 Å². The van der Waals surface area contributed by atoms with Gasteiger partial charge in [-0.2, -0.15) is 0 Å². The minimum atomic E-state index is -0.939. The fourth-order valence-electron chi connectivity index (χ4n) is 3.21. The van der Waals surface area contributed by atoms with Crippen LogP contribution in [0.15, 0.2) is 30.4 Å². The smallest absolute Gasteiger partial charge is 0.328 e. The van der Waals surface area contributed by atoms with Gasteiger partial charge in [0.1, 0.15) is 0 Å². The number of aliphatic hydroxyl groups excluding tert-OH is 1. The van der Waals surface area contributed by atoms with Crippen LogP contribution in [0.3, 0.4) is 0 Å². The molecule has 3 nitrogen and oxygen atoms in total. The Morgan fingerprint density at radius 3 is 2.81 bits per heavy atom. The number of aryl methyl sites for hydroxylation is 1. The number of allylic oxidation sites excluding steroid dienone is 2. The van der Waals surface area contributed by atoms with E-state index in [1.54, 1.807) is 12.2 Å². The predicted octanol–water partition coefficient (Wildman–Crippen LogP) is 3.31. The zero-order valence-electron chi connectivity index (χ0n) is 12.5. The van der Waals surface area contributed by atoms with E-state index in [4.69, 9.17) is 5.11 Å². The van der Waals surface area contributed by atoms with E-state index >= 15 is 0 Å². The third-order valence-corrected chi connectivity index (χ3v) is 4.15. The van der Waals surface area contributed by atoms with Gasteiger partial charge in [-0.1, -0.05) is 37.3 Å². The quantitative estimate of drug-likeness (QED) is 0.659. The molecule has 112 valence electrons. The van der Waals surface area contributed by atoms with Crippen LogP contribution in [-0.2, 0) is 11.2 Å². The van der Waals surface area contributed by atoms with Crippen molar-refractivity contribution in [2.24, 2.45) is 5.92 Å². The summed E-state index contributed by atoms with van der Waals surface area (Å²) in [6.07, 6.45) is 8.36. The summed E-state index contributed by atoms with van der Waals surface area (Å²) in [5, 5.41) is 18.0. The topological polar surface area (TPSA) is 57.5 Å². The molecule has 0 unspecified atom stereocenters. The standard InChI is InChI=1S/C18H22O3/c1-12-7-8-15-10-14(11-19)9-13(2)18(15)16(12)5-3-4-6-17(20)21/h3-8,13-14,19H,9-11H2,1-2H3,(H,20,21)/b5-3+,6-4?/t13-,14+/m1/s1. The number of carbonyl (C=O) groups is 1. The number of rotatable bonds is 4. The summed E-state index contributed by atoms with van der Waals surface area (Å²) in [6, 6.07) is 4.26. The van der Waals surface area contributed by atoms with E-state index < -0.39 is 5.97 Å². The molecule has 0 radical (unpaired) electrons. The Bertz CT molecular complexity index is 584. The highest BCUT2D eigenvalue weighted by molar-refractivity contribution is 5.80. The molecule has 0 saturated heterocycles. The van der Waals surface area contributed by atoms with Crippen LogP contribution in [0.25, 0.3) is 6.08 Å². The van der Waals surface area contributed by atoms with Gasteiger partial charge in [0.25, 0.3) is 0 Å². The van der Waals surface area contributed by atoms with Crippen molar-refractivity contribution in [2.75, 3.05) is 6.61 Å². The molecule has 2 rings (SSSR count). The van der Waals surface area contributed by atoms with Gasteiger partial charge in [0.05, 0.1) is 0 Å². The number of carboxylic acid groups (broad SMARTS) is 1. The zero-order chi connectivity index (χ0) is 15.4. The van der Waals surface area contributed by atoms with Crippen molar-refractivity contribution < 1.29 is 15.0 Å². The number of aliphatic carboxylic acids is 1. The Morgan fingerprint density at radius 2 is 2.14 bits per heavy atom. The van der Waals surface area contributed by atoms with E-state index in [1.807, 2.05) is 6.08 Å². The Balaban J connectivity index is 2.36. The molecule has 21 heavy (non-hydrogen) atoms. The number of carboxylic acids is 1. The van der Waals surface area contributed by atoms with Gasteiger partial charge in [-0.25, -0.2) is 4.79 Å². The Kier molecular flexibility index (Phi) is 4.97. The van der Waals surface area contributed by atoms with Crippen molar-refractivity contribution in [1.82, 2.24) is 0 Å². The molecule has 3 heteroatoms. The summed E-state index contributed by atoms with van der Waals surface area (Å²) in [7, 11) is 0.